The van der Waals surface area contributed by atoms with Crippen molar-refractivity contribution in [2.75, 3.05) is 11.4 Å². The molecule has 0 bridgehead atoms. The molecule has 0 aromatic heterocycles. The van der Waals surface area contributed by atoms with Crippen LogP contribution in [0.25, 0.3) is 0 Å². The van der Waals surface area contributed by atoms with Gasteiger partial charge >= 0.3 is 0 Å². The van der Waals surface area contributed by atoms with Crippen LogP contribution in [0.15, 0.2) is 36.9 Å². The Morgan fingerprint density at radius 1 is 1.44 bits per heavy atom. The molecule has 2 rings (SSSR count). The van der Waals surface area contributed by atoms with Crippen molar-refractivity contribution in [1.29, 1.82) is 0 Å². The highest BCUT2D eigenvalue weighted by molar-refractivity contribution is 5.93. The fraction of sp³-hybridized carbons (Fsp3) is 0.286. The summed E-state index contributed by atoms with van der Waals surface area (Å²) in [7, 11) is 0. The fourth-order valence-electron chi connectivity index (χ4n) is 2.27. The molecule has 4 nitrogen and oxygen atoms in total. The van der Waals surface area contributed by atoms with Crippen molar-refractivity contribution in [3.05, 3.63) is 42.5 Å². The second kappa shape index (κ2) is 5.04. The molecule has 1 heterocycles. The summed E-state index contributed by atoms with van der Waals surface area (Å²) in [6.45, 7) is 5.62. The molecule has 0 spiro atoms. The highest BCUT2D eigenvalue weighted by Gasteiger charge is 2.27. The first-order valence-electron chi connectivity index (χ1n) is 5.93. The minimum absolute atomic E-state index is 0.0240. The lowest BCUT2D eigenvalue weighted by Crippen LogP contribution is -2.39. The molecule has 1 aromatic carbocycles. The third-order valence-corrected chi connectivity index (χ3v) is 3.13. The molecule has 4 heteroatoms. The van der Waals surface area contributed by atoms with Crippen LogP contribution >= 0.6 is 0 Å². The molecule has 2 amide bonds. The Kier molecular flexibility index (Phi) is 3.46. The number of nitrogens with zero attached hydrogens (tertiary/aromatic N) is 1. The van der Waals surface area contributed by atoms with Crippen LogP contribution in [-0.2, 0) is 9.59 Å². The van der Waals surface area contributed by atoms with E-state index in [9.17, 15) is 9.59 Å². The van der Waals surface area contributed by atoms with E-state index in [2.05, 4.69) is 11.9 Å². The van der Waals surface area contributed by atoms with Crippen LogP contribution in [0, 0.1) is 0 Å². The highest BCUT2D eigenvalue weighted by Crippen LogP contribution is 2.33. The predicted molar refractivity (Wildman–Crippen MR) is 70.2 cm³/mol. The summed E-state index contributed by atoms with van der Waals surface area (Å²) < 4.78 is 0. The Hall–Kier alpha value is -2.10. The quantitative estimate of drug-likeness (QED) is 0.806. The number of hydrogen-bond donors (Lipinski definition) is 1. The molecule has 18 heavy (non-hydrogen) atoms. The van der Waals surface area contributed by atoms with E-state index in [1.165, 1.54) is 6.08 Å². The van der Waals surface area contributed by atoms with Crippen LogP contribution in [-0.4, -0.2) is 18.4 Å². The van der Waals surface area contributed by atoms with E-state index in [0.717, 1.165) is 17.7 Å². The first-order chi connectivity index (χ1) is 8.63. The van der Waals surface area contributed by atoms with Crippen LogP contribution < -0.4 is 10.2 Å². The minimum atomic E-state index is -0.189. The van der Waals surface area contributed by atoms with Gasteiger partial charge in [-0.2, -0.15) is 0 Å². The Balaban J connectivity index is 2.33. The second-order valence-corrected chi connectivity index (χ2v) is 4.28. The number of para-hydroxylation sites is 1. The molecule has 0 aliphatic carbocycles. The van der Waals surface area contributed by atoms with E-state index in [-0.39, 0.29) is 17.9 Å². The Bertz CT molecular complexity index is 496. The molecule has 1 unspecified atom stereocenters. The van der Waals surface area contributed by atoms with E-state index in [0.29, 0.717) is 6.54 Å². The lowest BCUT2D eigenvalue weighted by molar-refractivity contribution is -0.117. The maximum atomic E-state index is 11.6. The van der Waals surface area contributed by atoms with Crippen molar-refractivity contribution in [2.24, 2.45) is 0 Å². The summed E-state index contributed by atoms with van der Waals surface area (Å²) in [5.74, 6) is -0.165. The van der Waals surface area contributed by atoms with Gasteiger partial charge in [0, 0.05) is 19.2 Å². The molecule has 0 radical (unpaired) electrons. The molecule has 0 saturated heterocycles. The molecule has 1 aliphatic rings. The van der Waals surface area contributed by atoms with E-state index in [4.69, 9.17) is 0 Å². The average Bonchev–Trinajstić information content (AvgIpc) is 2.38. The Labute approximate surface area is 106 Å². The topological polar surface area (TPSA) is 49.4 Å². The van der Waals surface area contributed by atoms with Gasteiger partial charge in [0.2, 0.25) is 11.8 Å². The van der Waals surface area contributed by atoms with Gasteiger partial charge < -0.3 is 10.2 Å². The van der Waals surface area contributed by atoms with Gasteiger partial charge in [0.1, 0.15) is 0 Å². The van der Waals surface area contributed by atoms with Gasteiger partial charge in [0.05, 0.1) is 6.04 Å². The first-order valence-corrected chi connectivity index (χ1v) is 5.93. The van der Waals surface area contributed by atoms with Crippen molar-refractivity contribution < 1.29 is 9.59 Å². The Morgan fingerprint density at radius 3 is 2.83 bits per heavy atom. The Morgan fingerprint density at radius 2 is 2.17 bits per heavy atom. The average molecular weight is 244 g/mol. The van der Waals surface area contributed by atoms with Crippen LogP contribution in [0.3, 0.4) is 0 Å². The smallest absolute Gasteiger partial charge is 0.243 e. The lowest BCUT2D eigenvalue weighted by atomic mass is 9.96. The number of nitrogens with one attached hydrogen (secondary N) is 1. The molecule has 1 N–H and O–H groups in total. The highest BCUT2D eigenvalue weighted by atomic mass is 16.2. The zero-order chi connectivity index (χ0) is 13.1. The maximum Gasteiger partial charge on any atom is 0.243 e. The van der Waals surface area contributed by atoms with E-state index in [1.807, 2.05) is 24.3 Å². The zero-order valence-electron chi connectivity index (χ0n) is 10.3. The van der Waals surface area contributed by atoms with Crippen LogP contribution in [0.2, 0.25) is 0 Å². The number of carbonyl (C=O) groups excluding carboxylic acids is 2. The number of rotatable bonds is 2. The maximum absolute atomic E-state index is 11.6. The molecule has 94 valence electrons. The zero-order valence-corrected chi connectivity index (χ0v) is 10.3. The second-order valence-electron chi connectivity index (χ2n) is 4.28. The molecule has 1 aliphatic heterocycles. The van der Waals surface area contributed by atoms with E-state index < -0.39 is 0 Å². The van der Waals surface area contributed by atoms with Crippen molar-refractivity contribution >= 4 is 17.5 Å². The molecule has 0 fully saturated rings. The third kappa shape index (κ3) is 2.27. The summed E-state index contributed by atoms with van der Waals surface area (Å²) >= 11 is 0. The summed E-state index contributed by atoms with van der Waals surface area (Å²) in [5.41, 5.74) is 1.86. The van der Waals surface area contributed by atoms with Gasteiger partial charge in [0.25, 0.3) is 0 Å². The van der Waals surface area contributed by atoms with E-state index in [1.54, 1.807) is 11.8 Å². The van der Waals surface area contributed by atoms with Gasteiger partial charge in [-0.1, -0.05) is 24.8 Å². The van der Waals surface area contributed by atoms with Gasteiger partial charge in [-0.25, -0.2) is 0 Å². The van der Waals surface area contributed by atoms with Gasteiger partial charge in [-0.3, -0.25) is 9.59 Å². The SMILES string of the molecule is C=CC(=O)NC1CCN(C(C)=O)c2ccccc21. The summed E-state index contributed by atoms with van der Waals surface area (Å²) in [5, 5.41) is 2.89. The minimum Gasteiger partial charge on any atom is -0.346 e. The number of carbonyl (C=O) groups is 2. The molecule has 1 atom stereocenters. The largest absolute Gasteiger partial charge is 0.346 e. The van der Waals surface area contributed by atoms with E-state index >= 15 is 0 Å². The van der Waals surface area contributed by atoms with Crippen LogP contribution in [0.1, 0.15) is 24.9 Å². The lowest BCUT2D eigenvalue weighted by Gasteiger charge is -2.33. The van der Waals surface area contributed by atoms with Crippen molar-refractivity contribution in [1.82, 2.24) is 5.32 Å². The molecule has 1 aromatic rings. The number of hydrogen-bond acceptors (Lipinski definition) is 2. The summed E-state index contributed by atoms with van der Waals surface area (Å²) in [6.07, 6.45) is 1.98. The summed E-state index contributed by atoms with van der Waals surface area (Å²) in [4.78, 5) is 24.7. The molecular formula is C14H16N2O2. The number of anilines is 1. The van der Waals surface area contributed by atoms with Crippen molar-refractivity contribution in [3.63, 3.8) is 0 Å². The van der Waals surface area contributed by atoms with Crippen molar-refractivity contribution in [2.45, 2.75) is 19.4 Å². The van der Waals surface area contributed by atoms with Gasteiger partial charge in [0.15, 0.2) is 0 Å². The van der Waals surface area contributed by atoms with Crippen molar-refractivity contribution in [3.8, 4) is 0 Å². The van der Waals surface area contributed by atoms with Gasteiger partial charge in [-0.15, -0.1) is 0 Å². The summed E-state index contributed by atoms with van der Waals surface area (Å²) in [6, 6.07) is 7.60. The fourth-order valence-corrected chi connectivity index (χ4v) is 2.27. The predicted octanol–water partition coefficient (Wildman–Crippen LogP) is 1.79. The third-order valence-electron chi connectivity index (χ3n) is 3.13. The molecular weight excluding hydrogens is 228 g/mol. The number of benzene rings is 1. The van der Waals surface area contributed by atoms with Crippen LogP contribution in [0.5, 0.6) is 0 Å². The standard InChI is InChI=1S/C14H16N2O2/c1-3-14(18)15-12-8-9-16(10(2)17)13-7-5-4-6-11(12)13/h3-7,12H,1,8-9H2,2H3,(H,15,18). The normalized spacial score (nSPS) is 17.8. The van der Waals surface area contributed by atoms with Crippen LogP contribution in [0.4, 0.5) is 5.69 Å². The number of amides is 2. The van der Waals surface area contributed by atoms with Gasteiger partial charge in [-0.05, 0) is 24.1 Å². The monoisotopic (exact) mass is 244 g/mol. The first kappa shape index (κ1) is 12.4. The molecule has 0 saturated carbocycles. The number of fused-ring (bicyclic) bond motifs is 1.